The molecule has 0 aliphatic rings. The van der Waals surface area contributed by atoms with Crippen molar-refractivity contribution in [3.63, 3.8) is 0 Å². The van der Waals surface area contributed by atoms with Crippen LogP contribution in [0.4, 0.5) is 0 Å². The molecule has 0 aliphatic carbocycles. The summed E-state index contributed by atoms with van der Waals surface area (Å²) in [6.07, 6.45) is 1.52. The van der Waals surface area contributed by atoms with Crippen molar-refractivity contribution in [1.29, 1.82) is 0 Å². The first-order valence-electron chi connectivity index (χ1n) is 4.89. The van der Waals surface area contributed by atoms with E-state index < -0.39 is 0 Å². The van der Waals surface area contributed by atoms with Crippen LogP contribution in [0.5, 0.6) is 5.88 Å². The Kier molecular flexibility index (Phi) is 4.31. The largest absolute Gasteiger partial charge is 0.480 e. The highest BCUT2D eigenvalue weighted by Crippen LogP contribution is 2.31. The number of aryl methyl sites for hydroxylation is 1. The Morgan fingerprint density at radius 3 is 2.89 bits per heavy atom. The Morgan fingerprint density at radius 2 is 2.33 bits per heavy atom. The fourth-order valence-electron chi connectivity index (χ4n) is 1.17. The molecule has 0 aromatic carbocycles. The number of ether oxygens (including phenoxy) is 2. The van der Waals surface area contributed by atoms with Crippen LogP contribution < -0.4 is 4.74 Å². The molecular weight excluding hydrogens is 340 g/mol. The normalized spacial score (nSPS) is 10.4. The molecule has 2 aromatic heterocycles. The number of carbonyl (C=O) groups excluding carboxylic acids is 1. The molecule has 8 heteroatoms. The van der Waals surface area contributed by atoms with E-state index in [1.54, 1.807) is 0 Å². The molecule has 0 aliphatic heterocycles. The second kappa shape index (κ2) is 5.77. The van der Waals surface area contributed by atoms with Gasteiger partial charge in [0, 0.05) is 0 Å². The molecule has 0 unspecified atom stereocenters. The van der Waals surface area contributed by atoms with Gasteiger partial charge in [0.15, 0.2) is 0 Å². The lowest BCUT2D eigenvalue weighted by atomic mass is 10.5. The standard InChI is InChI=1S/C10H9BrN2O3S2/c1-5-12-3-6(17-5)10(14)16-4-7-8(11)9(15-2)13-18-7/h3H,4H2,1-2H3. The number of methoxy groups -OCH3 is 1. The summed E-state index contributed by atoms with van der Waals surface area (Å²) in [4.78, 5) is 17.0. The number of halogens is 1. The SMILES string of the molecule is COc1nsc(COC(=O)c2cnc(C)s2)c1Br. The van der Waals surface area contributed by atoms with Gasteiger partial charge in [0.25, 0.3) is 0 Å². The van der Waals surface area contributed by atoms with Gasteiger partial charge in [-0.2, -0.15) is 4.37 Å². The maximum absolute atomic E-state index is 11.7. The first kappa shape index (κ1) is 13.4. The molecule has 2 heterocycles. The van der Waals surface area contributed by atoms with Gasteiger partial charge in [0.05, 0.1) is 27.7 Å². The van der Waals surface area contributed by atoms with E-state index in [0.29, 0.717) is 10.8 Å². The predicted molar refractivity (Wildman–Crippen MR) is 72.3 cm³/mol. The fraction of sp³-hybridized carbons (Fsp3) is 0.300. The van der Waals surface area contributed by atoms with Crippen molar-refractivity contribution in [3.8, 4) is 5.88 Å². The molecule has 0 bridgehead atoms. The van der Waals surface area contributed by atoms with Crippen molar-refractivity contribution >= 4 is 44.8 Å². The number of carbonyl (C=O) groups is 1. The zero-order valence-corrected chi connectivity index (χ0v) is 12.8. The highest BCUT2D eigenvalue weighted by molar-refractivity contribution is 9.10. The van der Waals surface area contributed by atoms with Crippen LogP contribution in [0.2, 0.25) is 0 Å². The molecule has 2 aromatic rings. The molecule has 0 saturated heterocycles. The Hall–Kier alpha value is -0.990. The fourth-order valence-corrected chi connectivity index (χ4v) is 3.18. The van der Waals surface area contributed by atoms with E-state index in [4.69, 9.17) is 9.47 Å². The van der Waals surface area contributed by atoms with Crippen LogP contribution in [0.25, 0.3) is 0 Å². The average molecular weight is 349 g/mol. The number of aromatic nitrogens is 2. The van der Waals surface area contributed by atoms with E-state index in [-0.39, 0.29) is 12.6 Å². The second-order valence-corrected chi connectivity index (χ2v) is 6.13. The van der Waals surface area contributed by atoms with E-state index in [1.165, 1.54) is 36.2 Å². The van der Waals surface area contributed by atoms with Gasteiger partial charge in [-0.05, 0) is 34.4 Å². The average Bonchev–Trinajstić information content (AvgIpc) is 2.93. The summed E-state index contributed by atoms with van der Waals surface area (Å²) in [6.45, 7) is 2.00. The van der Waals surface area contributed by atoms with Gasteiger partial charge >= 0.3 is 5.97 Å². The van der Waals surface area contributed by atoms with Crippen LogP contribution in [-0.4, -0.2) is 22.4 Å². The van der Waals surface area contributed by atoms with Gasteiger partial charge in [-0.3, -0.25) is 0 Å². The molecule has 18 heavy (non-hydrogen) atoms. The monoisotopic (exact) mass is 348 g/mol. The highest BCUT2D eigenvalue weighted by atomic mass is 79.9. The number of esters is 1. The molecule has 2 rings (SSSR count). The smallest absolute Gasteiger partial charge is 0.350 e. The summed E-state index contributed by atoms with van der Waals surface area (Å²) in [5.41, 5.74) is 0. The zero-order chi connectivity index (χ0) is 13.1. The lowest BCUT2D eigenvalue weighted by Crippen LogP contribution is -2.02. The summed E-state index contributed by atoms with van der Waals surface area (Å²) >= 11 is 5.89. The molecule has 0 radical (unpaired) electrons. The van der Waals surface area contributed by atoms with Gasteiger partial charge < -0.3 is 9.47 Å². The van der Waals surface area contributed by atoms with E-state index in [1.807, 2.05) is 6.92 Å². The number of hydrogen-bond donors (Lipinski definition) is 0. The van der Waals surface area contributed by atoms with Crippen LogP contribution in [-0.2, 0) is 11.3 Å². The molecule has 0 N–H and O–H groups in total. The number of nitrogens with zero attached hydrogens (tertiary/aromatic N) is 2. The molecule has 0 spiro atoms. The minimum Gasteiger partial charge on any atom is -0.480 e. The summed E-state index contributed by atoms with van der Waals surface area (Å²) < 4.78 is 15.0. The first-order valence-corrected chi connectivity index (χ1v) is 7.27. The van der Waals surface area contributed by atoms with E-state index in [2.05, 4.69) is 25.3 Å². The Labute approximate surface area is 120 Å². The van der Waals surface area contributed by atoms with Gasteiger partial charge in [-0.25, -0.2) is 9.78 Å². The molecule has 0 saturated carbocycles. The first-order chi connectivity index (χ1) is 8.61. The van der Waals surface area contributed by atoms with Gasteiger partial charge in [-0.15, -0.1) is 11.3 Å². The molecule has 0 amide bonds. The Bertz CT molecular complexity index is 567. The maximum atomic E-state index is 11.7. The minimum atomic E-state index is -0.375. The van der Waals surface area contributed by atoms with Crippen molar-refractivity contribution < 1.29 is 14.3 Å². The van der Waals surface area contributed by atoms with Crippen molar-refractivity contribution in [1.82, 2.24) is 9.36 Å². The third kappa shape index (κ3) is 2.88. The lowest BCUT2D eigenvalue weighted by Gasteiger charge is -2.01. The molecule has 0 fully saturated rings. The molecule has 96 valence electrons. The van der Waals surface area contributed by atoms with Crippen LogP contribution in [0.15, 0.2) is 10.7 Å². The van der Waals surface area contributed by atoms with Gasteiger partial charge in [0.1, 0.15) is 11.5 Å². The third-order valence-corrected chi connectivity index (χ3v) is 4.79. The topological polar surface area (TPSA) is 61.3 Å². The van der Waals surface area contributed by atoms with Gasteiger partial charge in [0.2, 0.25) is 5.88 Å². The van der Waals surface area contributed by atoms with Crippen molar-refractivity contribution in [2.24, 2.45) is 0 Å². The van der Waals surface area contributed by atoms with Crippen LogP contribution >= 0.6 is 38.8 Å². The number of thiazole rings is 1. The highest BCUT2D eigenvalue weighted by Gasteiger charge is 2.15. The summed E-state index contributed by atoms with van der Waals surface area (Å²) in [6, 6.07) is 0. The second-order valence-electron chi connectivity index (χ2n) is 3.25. The lowest BCUT2D eigenvalue weighted by molar-refractivity contribution is 0.0481. The van der Waals surface area contributed by atoms with Gasteiger partial charge in [-0.1, -0.05) is 0 Å². The van der Waals surface area contributed by atoms with E-state index >= 15 is 0 Å². The molecule has 5 nitrogen and oxygen atoms in total. The predicted octanol–water partition coefficient (Wildman–Crippen LogP) is 3.04. The van der Waals surface area contributed by atoms with Crippen LogP contribution in [0.1, 0.15) is 19.6 Å². The third-order valence-electron chi connectivity index (χ3n) is 2.02. The summed E-state index contributed by atoms with van der Waals surface area (Å²) in [7, 11) is 1.54. The molecule has 0 atom stereocenters. The van der Waals surface area contributed by atoms with Crippen LogP contribution in [0, 0.1) is 6.92 Å². The Balaban J connectivity index is 1.99. The summed E-state index contributed by atoms with van der Waals surface area (Å²) in [5, 5.41) is 0.836. The minimum absolute atomic E-state index is 0.164. The van der Waals surface area contributed by atoms with E-state index in [9.17, 15) is 4.79 Å². The maximum Gasteiger partial charge on any atom is 0.350 e. The summed E-state index contributed by atoms with van der Waals surface area (Å²) in [5.74, 6) is 0.125. The van der Waals surface area contributed by atoms with Crippen molar-refractivity contribution in [3.05, 3.63) is 25.4 Å². The van der Waals surface area contributed by atoms with Crippen LogP contribution in [0.3, 0.4) is 0 Å². The van der Waals surface area contributed by atoms with Crippen molar-refractivity contribution in [2.45, 2.75) is 13.5 Å². The molecular formula is C10H9BrN2O3S2. The number of hydrogen-bond acceptors (Lipinski definition) is 7. The quantitative estimate of drug-likeness (QED) is 0.794. The number of rotatable bonds is 4. The Morgan fingerprint density at radius 1 is 1.56 bits per heavy atom. The zero-order valence-electron chi connectivity index (χ0n) is 9.60. The van der Waals surface area contributed by atoms with E-state index in [0.717, 1.165) is 14.4 Å². The van der Waals surface area contributed by atoms with Crippen molar-refractivity contribution in [2.75, 3.05) is 7.11 Å².